The number of hydrogen-bond donors (Lipinski definition) is 0. The molecule has 352 valence electrons. The maximum atomic E-state index is 12.8. The lowest BCUT2D eigenvalue weighted by Gasteiger charge is -2.18. The number of allylic oxidation sites excluding steroid dienone is 6. The summed E-state index contributed by atoms with van der Waals surface area (Å²) in [6, 6.07) is 0. The van der Waals surface area contributed by atoms with Crippen LogP contribution < -0.4 is 0 Å². The zero-order valence-electron chi connectivity index (χ0n) is 40.5. The highest BCUT2D eigenvalue weighted by Crippen LogP contribution is 2.15. The van der Waals surface area contributed by atoms with Crippen molar-refractivity contribution >= 4 is 11.9 Å². The molecule has 0 aliphatic carbocycles. The molecule has 60 heavy (non-hydrogen) atoms. The summed E-state index contributed by atoms with van der Waals surface area (Å²) < 4.78 is 17.4. The quantitative estimate of drug-likeness (QED) is 0.0347. The molecule has 5 heteroatoms. The van der Waals surface area contributed by atoms with Gasteiger partial charge in [-0.3, -0.25) is 9.59 Å². The molecule has 0 N–H and O–H groups in total. The summed E-state index contributed by atoms with van der Waals surface area (Å²) in [5.41, 5.74) is 0. The summed E-state index contributed by atoms with van der Waals surface area (Å²) in [5, 5.41) is 0. The average molecular weight is 843 g/mol. The first-order valence-corrected chi connectivity index (χ1v) is 26.5. The smallest absolute Gasteiger partial charge is 0.306 e. The average Bonchev–Trinajstić information content (AvgIpc) is 3.25. The van der Waals surface area contributed by atoms with Gasteiger partial charge in [0, 0.05) is 19.4 Å². The molecule has 5 nitrogen and oxygen atoms in total. The Labute approximate surface area is 374 Å². The fourth-order valence-corrected chi connectivity index (χ4v) is 7.65. The molecule has 0 bridgehead atoms. The first-order valence-electron chi connectivity index (χ1n) is 26.5. The molecule has 0 aliphatic rings. The molecule has 0 aromatic heterocycles. The molecule has 0 radical (unpaired) electrons. The van der Waals surface area contributed by atoms with Crippen molar-refractivity contribution in [3.63, 3.8) is 0 Å². The van der Waals surface area contributed by atoms with Crippen LogP contribution in [0.25, 0.3) is 0 Å². The van der Waals surface area contributed by atoms with Crippen LogP contribution in [0.2, 0.25) is 0 Å². The van der Waals surface area contributed by atoms with Gasteiger partial charge in [0.25, 0.3) is 0 Å². The van der Waals surface area contributed by atoms with E-state index >= 15 is 0 Å². The number of hydrogen-bond acceptors (Lipinski definition) is 5. The second kappa shape index (κ2) is 51.5. The van der Waals surface area contributed by atoms with E-state index in [1.807, 2.05) is 0 Å². The van der Waals surface area contributed by atoms with Gasteiger partial charge in [-0.15, -0.1) is 0 Å². The molecule has 0 heterocycles. The summed E-state index contributed by atoms with van der Waals surface area (Å²) in [4.78, 5) is 25.4. The molecule has 0 rings (SSSR count). The van der Waals surface area contributed by atoms with Crippen molar-refractivity contribution in [1.29, 1.82) is 0 Å². The molecule has 0 amide bonds. The molecular weight excluding hydrogens is 741 g/mol. The van der Waals surface area contributed by atoms with Crippen molar-refractivity contribution in [2.75, 3.05) is 19.8 Å². The standard InChI is InChI=1S/C55H102O5/c1-4-7-10-13-16-19-22-25-27-29-32-35-38-41-44-47-50-58-51-53(60-55(57)49-46-43-40-37-34-30-24-21-18-15-12-9-6-3)52-59-54(56)48-45-42-39-36-33-31-28-26-23-20-17-14-11-8-5-2/h16,19,25-28,53H,4-15,17-18,20-24,29-52H2,1-3H3/b19-16-,27-25-,28-26-. The minimum absolute atomic E-state index is 0.0813. The zero-order chi connectivity index (χ0) is 43.5. The Balaban J connectivity index is 4.26. The normalized spacial score (nSPS) is 12.4. The SMILES string of the molecule is CCCCC/C=C\C/C=C\CCCCCCCCOCC(COC(=O)CCCCCCC/C=C\CCCCCCCC)OC(=O)CCCCCCCCCCCCCCC. The van der Waals surface area contributed by atoms with E-state index in [1.165, 1.54) is 186 Å². The summed E-state index contributed by atoms with van der Waals surface area (Å²) in [5.74, 6) is -0.399. The molecule has 1 atom stereocenters. The van der Waals surface area contributed by atoms with Gasteiger partial charge >= 0.3 is 11.9 Å². The second-order valence-corrected chi connectivity index (χ2v) is 17.8. The molecule has 0 fully saturated rings. The third kappa shape index (κ3) is 48.8. The number of unbranched alkanes of at least 4 members (excludes halogenated alkanes) is 32. The Morgan fingerprint density at radius 3 is 1.15 bits per heavy atom. The second-order valence-electron chi connectivity index (χ2n) is 17.8. The fraction of sp³-hybridized carbons (Fsp3) is 0.855. The first-order chi connectivity index (χ1) is 29.6. The highest BCUT2D eigenvalue weighted by atomic mass is 16.6. The molecule has 0 saturated carbocycles. The van der Waals surface area contributed by atoms with Gasteiger partial charge in [-0.2, -0.15) is 0 Å². The van der Waals surface area contributed by atoms with Crippen molar-refractivity contribution in [2.45, 2.75) is 284 Å². The Kier molecular flexibility index (Phi) is 49.9. The maximum Gasteiger partial charge on any atom is 0.306 e. The maximum absolute atomic E-state index is 12.8. The summed E-state index contributed by atoms with van der Waals surface area (Å²) in [6.07, 6.45) is 61.5. The third-order valence-electron chi connectivity index (χ3n) is 11.6. The van der Waals surface area contributed by atoms with Crippen molar-refractivity contribution in [1.82, 2.24) is 0 Å². The number of esters is 2. The molecule has 0 aromatic carbocycles. The predicted octanol–water partition coefficient (Wildman–Crippen LogP) is 17.8. The van der Waals surface area contributed by atoms with Crippen LogP contribution in [-0.4, -0.2) is 37.9 Å². The molecule has 1 unspecified atom stereocenters. The number of ether oxygens (including phenoxy) is 3. The van der Waals surface area contributed by atoms with Crippen LogP contribution in [0.15, 0.2) is 36.5 Å². The summed E-state index contributed by atoms with van der Waals surface area (Å²) in [6.45, 7) is 7.81. The highest BCUT2D eigenvalue weighted by Gasteiger charge is 2.17. The van der Waals surface area contributed by atoms with E-state index in [1.54, 1.807) is 0 Å². The van der Waals surface area contributed by atoms with Crippen LogP contribution >= 0.6 is 0 Å². The number of carbonyl (C=O) groups excluding carboxylic acids is 2. The molecule has 0 aromatic rings. The van der Waals surface area contributed by atoms with Gasteiger partial charge in [-0.05, 0) is 77.0 Å². The van der Waals surface area contributed by atoms with E-state index in [-0.39, 0.29) is 25.2 Å². The van der Waals surface area contributed by atoms with Crippen molar-refractivity contribution < 1.29 is 23.8 Å². The number of carbonyl (C=O) groups is 2. The first kappa shape index (κ1) is 58.1. The van der Waals surface area contributed by atoms with Crippen molar-refractivity contribution in [3.8, 4) is 0 Å². The minimum Gasteiger partial charge on any atom is -0.462 e. The molecule has 0 spiro atoms. The van der Waals surface area contributed by atoms with Crippen LogP contribution in [0.1, 0.15) is 278 Å². The van der Waals surface area contributed by atoms with Crippen LogP contribution in [-0.2, 0) is 23.8 Å². The topological polar surface area (TPSA) is 61.8 Å². The van der Waals surface area contributed by atoms with E-state index in [0.29, 0.717) is 19.4 Å². The zero-order valence-corrected chi connectivity index (χ0v) is 40.5. The van der Waals surface area contributed by atoms with Gasteiger partial charge in [-0.25, -0.2) is 0 Å². The van der Waals surface area contributed by atoms with Gasteiger partial charge < -0.3 is 14.2 Å². The largest absolute Gasteiger partial charge is 0.462 e. The molecule has 0 aliphatic heterocycles. The van der Waals surface area contributed by atoms with Gasteiger partial charge in [-0.1, -0.05) is 224 Å². The summed E-state index contributed by atoms with van der Waals surface area (Å²) >= 11 is 0. The fourth-order valence-electron chi connectivity index (χ4n) is 7.65. The van der Waals surface area contributed by atoms with Gasteiger partial charge in [0.1, 0.15) is 6.61 Å². The Bertz CT molecular complexity index is 955. The lowest BCUT2D eigenvalue weighted by Crippen LogP contribution is -2.30. The van der Waals surface area contributed by atoms with Crippen LogP contribution in [0, 0.1) is 0 Å². The van der Waals surface area contributed by atoms with Crippen molar-refractivity contribution in [3.05, 3.63) is 36.5 Å². The van der Waals surface area contributed by atoms with Crippen LogP contribution in [0.3, 0.4) is 0 Å². The van der Waals surface area contributed by atoms with Crippen LogP contribution in [0.5, 0.6) is 0 Å². The van der Waals surface area contributed by atoms with Gasteiger partial charge in [0.2, 0.25) is 0 Å². The van der Waals surface area contributed by atoms with E-state index in [9.17, 15) is 9.59 Å². The van der Waals surface area contributed by atoms with E-state index in [4.69, 9.17) is 14.2 Å². The van der Waals surface area contributed by atoms with E-state index in [2.05, 4.69) is 57.2 Å². The number of rotatable bonds is 49. The predicted molar refractivity (Wildman–Crippen MR) is 261 cm³/mol. The highest BCUT2D eigenvalue weighted by molar-refractivity contribution is 5.70. The van der Waals surface area contributed by atoms with Gasteiger partial charge in [0.05, 0.1) is 6.61 Å². The summed E-state index contributed by atoms with van der Waals surface area (Å²) in [7, 11) is 0. The lowest BCUT2D eigenvalue weighted by atomic mass is 10.0. The Morgan fingerprint density at radius 2 is 0.700 bits per heavy atom. The lowest BCUT2D eigenvalue weighted by molar-refractivity contribution is -0.163. The minimum atomic E-state index is -0.540. The van der Waals surface area contributed by atoms with E-state index in [0.717, 1.165) is 57.8 Å². The molecule has 0 saturated heterocycles. The monoisotopic (exact) mass is 843 g/mol. The van der Waals surface area contributed by atoms with Crippen LogP contribution in [0.4, 0.5) is 0 Å². The van der Waals surface area contributed by atoms with E-state index < -0.39 is 6.10 Å². The Morgan fingerprint density at radius 1 is 0.367 bits per heavy atom. The third-order valence-corrected chi connectivity index (χ3v) is 11.6. The molecular formula is C55H102O5. The van der Waals surface area contributed by atoms with Crippen molar-refractivity contribution in [2.24, 2.45) is 0 Å². The van der Waals surface area contributed by atoms with Gasteiger partial charge in [0.15, 0.2) is 6.10 Å². The Hall–Kier alpha value is -1.88.